The Morgan fingerprint density at radius 3 is 2.39 bits per heavy atom. The largest absolute Gasteiger partial charge is 0.505 e. The number of ether oxygens (including phenoxy) is 1. The normalized spacial score (nSPS) is 12.6. The second-order valence-electron chi connectivity index (χ2n) is 6.13. The minimum atomic E-state index is -1.40. The monoisotopic (exact) mass is 327 g/mol. The summed E-state index contributed by atoms with van der Waals surface area (Å²) in [4.78, 5) is 25.0. The van der Waals surface area contributed by atoms with Gasteiger partial charge in [0.1, 0.15) is 5.60 Å². The lowest BCUT2D eigenvalue weighted by Gasteiger charge is -2.31. The van der Waals surface area contributed by atoms with Crippen molar-refractivity contribution in [1.82, 2.24) is 4.90 Å². The molecule has 0 saturated carbocycles. The number of aliphatic carboxylic acids is 1. The maximum atomic E-state index is 13.5. The van der Waals surface area contributed by atoms with Crippen LogP contribution in [0.1, 0.15) is 45.7 Å². The van der Waals surface area contributed by atoms with Crippen LogP contribution in [0, 0.1) is 5.82 Å². The Bertz CT molecular complexity index is 582. The minimum Gasteiger partial charge on any atom is -0.505 e. The minimum absolute atomic E-state index is 0.0482. The molecule has 1 aromatic rings. The lowest BCUT2D eigenvalue weighted by atomic mass is 10.0. The number of carbonyl (C=O) groups excluding carboxylic acids is 1. The number of benzene rings is 1. The number of hydrogen-bond acceptors (Lipinski definition) is 4. The van der Waals surface area contributed by atoms with Crippen molar-refractivity contribution in [2.24, 2.45) is 0 Å². The Balaban J connectivity index is 3.23. The number of halogens is 1. The van der Waals surface area contributed by atoms with Crippen molar-refractivity contribution >= 4 is 12.1 Å². The molecular weight excluding hydrogens is 305 g/mol. The SMILES string of the molecule is CCCN(C(=O)OC(C)(C)C)C(C(=O)O)c1ccc(O)c(F)c1. The zero-order valence-electron chi connectivity index (χ0n) is 13.7. The van der Waals surface area contributed by atoms with Crippen LogP contribution in [0.4, 0.5) is 9.18 Å². The van der Waals surface area contributed by atoms with Gasteiger partial charge in [-0.25, -0.2) is 14.0 Å². The molecule has 0 radical (unpaired) electrons. The van der Waals surface area contributed by atoms with Crippen LogP contribution in [0.25, 0.3) is 0 Å². The third-order valence-electron chi connectivity index (χ3n) is 2.93. The summed E-state index contributed by atoms with van der Waals surface area (Å²) < 4.78 is 18.8. The highest BCUT2D eigenvalue weighted by Gasteiger charge is 2.34. The van der Waals surface area contributed by atoms with Crippen molar-refractivity contribution in [2.45, 2.75) is 45.8 Å². The number of hydrogen-bond donors (Lipinski definition) is 2. The molecule has 0 spiro atoms. The van der Waals surface area contributed by atoms with Crippen LogP contribution in [0.5, 0.6) is 5.75 Å². The predicted octanol–water partition coefficient (Wildman–Crippen LogP) is 3.30. The number of nitrogens with zero attached hydrogens (tertiary/aromatic N) is 1. The van der Waals surface area contributed by atoms with Crippen LogP contribution < -0.4 is 0 Å². The van der Waals surface area contributed by atoms with Crippen LogP contribution in [0.2, 0.25) is 0 Å². The second-order valence-corrected chi connectivity index (χ2v) is 6.13. The van der Waals surface area contributed by atoms with E-state index in [9.17, 15) is 24.2 Å². The van der Waals surface area contributed by atoms with Gasteiger partial charge < -0.3 is 14.9 Å². The molecule has 7 heteroatoms. The van der Waals surface area contributed by atoms with E-state index in [2.05, 4.69) is 0 Å². The van der Waals surface area contributed by atoms with Gasteiger partial charge in [0, 0.05) is 6.54 Å². The highest BCUT2D eigenvalue weighted by molar-refractivity contribution is 5.81. The van der Waals surface area contributed by atoms with Crippen molar-refractivity contribution in [1.29, 1.82) is 0 Å². The number of carboxylic acid groups (broad SMARTS) is 1. The summed E-state index contributed by atoms with van der Waals surface area (Å²) in [7, 11) is 0. The molecule has 1 unspecified atom stereocenters. The lowest BCUT2D eigenvalue weighted by molar-refractivity contribution is -0.143. The zero-order valence-corrected chi connectivity index (χ0v) is 13.7. The number of aromatic hydroxyl groups is 1. The summed E-state index contributed by atoms with van der Waals surface area (Å²) in [5, 5.41) is 18.7. The van der Waals surface area contributed by atoms with E-state index < -0.39 is 35.3 Å². The number of carbonyl (C=O) groups is 2. The maximum Gasteiger partial charge on any atom is 0.411 e. The Labute approximate surface area is 134 Å². The van der Waals surface area contributed by atoms with E-state index in [0.717, 1.165) is 17.0 Å². The highest BCUT2D eigenvalue weighted by Crippen LogP contribution is 2.27. The molecule has 128 valence electrons. The molecule has 1 aromatic carbocycles. The topological polar surface area (TPSA) is 87.1 Å². The second kappa shape index (κ2) is 7.30. The van der Waals surface area contributed by atoms with E-state index in [0.29, 0.717) is 6.42 Å². The first-order valence-electron chi connectivity index (χ1n) is 7.27. The summed E-state index contributed by atoms with van der Waals surface area (Å²) in [6.45, 7) is 6.93. The number of amides is 1. The Morgan fingerprint density at radius 2 is 1.96 bits per heavy atom. The number of rotatable bonds is 5. The number of carboxylic acids is 1. The Morgan fingerprint density at radius 1 is 1.35 bits per heavy atom. The van der Waals surface area contributed by atoms with Crippen molar-refractivity contribution in [2.75, 3.05) is 6.54 Å². The van der Waals surface area contributed by atoms with Crippen LogP contribution in [-0.4, -0.2) is 39.3 Å². The molecule has 0 fully saturated rings. The molecular formula is C16H22FNO5. The lowest BCUT2D eigenvalue weighted by Crippen LogP contribution is -2.42. The first-order valence-corrected chi connectivity index (χ1v) is 7.27. The molecule has 0 aliphatic heterocycles. The molecule has 1 rings (SSSR count). The smallest absolute Gasteiger partial charge is 0.411 e. The number of phenols is 1. The molecule has 23 heavy (non-hydrogen) atoms. The molecule has 6 nitrogen and oxygen atoms in total. The standard InChI is InChI=1S/C16H22FNO5/c1-5-8-18(15(22)23-16(2,3)4)13(14(20)21)10-6-7-12(19)11(17)9-10/h6-7,9,13,19H,5,8H2,1-4H3,(H,20,21). The van der Waals surface area contributed by atoms with Crippen LogP contribution >= 0.6 is 0 Å². The van der Waals surface area contributed by atoms with E-state index in [-0.39, 0.29) is 12.1 Å². The van der Waals surface area contributed by atoms with Gasteiger partial charge in [-0.1, -0.05) is 13.0 Å². The van der Waals surface area contributed by atoms with Crippen molar-refractivity contribution < 1.29 is 28.9 Å². The van der Waals surface area contributed by atoms with Crippen molar-refractivity contribution in [3.8, 4) is 5.75 Å². The number of phenolic OH excluding ortho intramolecular Hbond substituents is 1. The maximum absolute atomic E-state index is 13.5. The summed E-state index contributed by atoms with van der Waals surface area (Å²) in [5.41, 5.74) is -0.737. The van der Waals surface area contributed by atoms with Gasteiger partial charge >= 0.3 is 12.1 Å². The van der Waals surface area contributed by atoms with Crippen LogP contribution in [-0.2, 0) is 9.53 Å². The zero-order chi connectivity index (χ0) is 17.8. The van der Waals surface area contributed by atoms with Gasteiger partial charge in [0.15, 0.2) is 17.6 Å². The molecule has 0 heterocycles. The average molecular weight is 327 g/mol. The Hall–Kier alpha value is -2.31. The first-order chi connectivity index (χ1) is 10.6. The Kier molecular flexibility index (Phi) is 5.95. The van der Waals surface area contributed by atoms with Gasteiger partial charge in [0.25, 0.3) is 0 Å². The van der Waals surface area contributed by atoms with Gasteiger partial charge in [-0.05, 0) is 44.9 Å². The summed E-state index contributed by atoms with van der Waals surface area (Å²) in [6, 6.07) is 1.82. The molecule has 0 saturated heterocycles. The predicted molar refractivity (Wildman–Crippen MR) is 81.7 cm³/mol. The van der Waals surface area contributed by atoms with E-state index in [4.69, 9.17) is 4.74 Å². The third-order valence-corrected chi connectivity index (χ3v) is 2.93. The fourth-order valence-electron chi connectivity index (χ4n) is 2.04. The molecule has 0 bridgehead atoms. The highest BCUT2D eigenvalue weighted by atomic mass is 19.1. The van der Waals surface area contributed by atoms with Gasteiger partial charge in [-0.2, -0.15) is 0 Å². The molecule has 1 atom stereocenters. The van der Waals surface area contributed by atoms with E-state index in [1.54, 1.807) is 27.7 Å². The molecule has 2 N–H and O–H groups in total. The fourth-order valence-corrected chi connectivity index (χ4v) is 2.04. The summed E-state index contributed by atoms with van der Waals surface area (Å²) in [6.07, 6.45) is -0.288. The van der Waals surface area contributed by atoms with E-state index in [1.807, 2.05) is 0 Å². The van der Waals surface area contributed by atoms with Gasteiger partial charge in [-0.3, -0.25) is 4.90 Å². The molecule has 0 aliphatic rings. The van der Waals surface area contributed by atoms with E-state index >= 15 is 0 Å². The van der Waals surface area contributed by atoms with E-state index in [1.165, 1.54) is 6.07 Å². The molecule has 1 amide bonds. The van der Waals surface area contributed by atoms with Crippen LogP contribution in [0.3, 0.4) is 0 Å². The van der Waals surface area contributed by atoms with Gasteiger partial charge in [0.05, 0.1) is 0 Å². The van der Waals surface area contributed by atoms with Gasteiger partial charge in [0.2, 0.25) is 0 Å². The van der Waals surface area contributed by atoms with Crippen molar-refractivity contribution in [3.63, 3.8) is 0 Å². The van der Waals surface area contributed by atoms with Crippen molar-refractivity contribution in [3.05, 3.63) is 29.6 Å². The third kappa shape index (κ3) is 5.12. The quantitative estimate of drug-likeness (QED) is 0.866. The summed E-state index contributed by atoms with van der Waals surface area (Å²) in [5.74, 6) is -2.85. The van der Waals surface area contributed by atoms with Crippen LogP contribution in [0.15, 0.2) is 18.2 Å². The molecule has 0 aliphatic carbocycles. The average Bonchev–Trinajstić information content (AvgIpc) is 2.39. The first kappa shape index (κ1) is 18.7. The summed E-state index contributed by atoms with van der Waals surface area (Å²) >= 11 is 0. The van der Waals surface area contributed by atoms with Gasteiger partial charge in [-0.15, -0.1) is 0 Å². The molecule has 0 aromatic heterocycles. The fraction of sp³-hybridized carbons (Fsp3) is 0.500.